The van der Waals surface area contributed by atoms with E-state index >= 15 is 0 Å². The lowest BCUT2D eigenvalue weighted by molar-refractivity contribution is 0.0927. The van der Waals surface area contributed by atoms with Crippen LogP contribution < -0.4 is 5.32 Å². The lowest BCUT2D eigenvalue weighted by atomic mass is 9.95. The fourth-order valence-corrected chi connectivity index (χ4v) is 6.05. The van der Waals surface area contributed by atoms with Crippen molar-refractivity contribution in [1.82, 2.24) is 9.88 Å². The minimum atomic E-state index is 0.144. The molecule has 0 aromatic carbocycles. The van der Waals surface area contributed by atoms with Crippen molar-refractivity contribution in [2.24, 2.45) is 0 Å². The molecule has 2 aromatic rings. The number of thiophene rings is 1. The number of fused-ring (bicyclic) bond motifs is 1. The summed E-state index contributed by atoms with van der Waals surface area (Å²) in [5.74, 6) is 2.31. The van der Waals surface area contributed by atoms with Crippen LogP contribution in [0, 0.1) is 0 Å². The molecule has 0 unspecified atom stereocenters. The van der Waals surface area contributed by atoms with Gasteiger partial charge in [0.05, 0.1) is 5.56 Å². The first-order chi connectivity index (χ1) is 11.3. The van der Waals surface area contributed by atoms with E-state index in [1.165, 1.54) is 29.7 Å². The second-order valence-corrected chi connectivity index (χ2v) is 8.57. The number of carbonyl (C=O) groups is 1. The lowest BCUT2D eigenvalue weighted by Crippen LogP contribution is -2.37. The van der Waals surface area contributed by atoms with Gasteiger partial charge >= 0.3 is 0 Å². The molecule has 0 bridgehead atoms. The van der Waals surface area contributed by atoms with Crippen LogP contribution in [0.2, 0.25) is 0 Å². The maximum absolute atomic E-state index is 13.0. The van der Waals surface area contributed by atoms with Gasteiger partial charge in [-0.25, -0.2) is 0 Å². The van der Waals surface area contributed by atoms with Crippen molar-refractivity contribution in [3.05, 3.63) is 40.5 Å². The van der Waals surface area contributed by atoms with Crippen molar-refractivity contribution >= 4 is 29.0 Å². The first-order valence-corrected chi connectivity index (χ1v) is 10.5. The number of nitrogens with one attached hydrogen (secondary N) is 1. The highest BCUT2D eigenvalue weighted by Crippen LogP contribution is 2.38. The maximum atomic E-state index is 13.0. The normalized spacial score (nSPS) is 18.6. The Balaban J connectivity index is 1.67. The molecule has 122 valence electrons. The van der Waals surface area contributed by atoms with Crippen molar-refractivity contribution in [3.8, 4) is 5.00 Å². The summed E-state index contributed by atoms with van der Waals surface area (Å²) in [6, 6.07) is 4.41. The molecule has 0 radical (unpaired) electrons. The standard InChI is InChI=1S/C18H22N2OS2/c21-17(19-13-6-2-1-3-7-13)16-14-8-11-22-12-15(14)23-18(16)20-9-4-5-10-20/h4-5,9-10,13H,1-3,6-8,11-12H2,(H,19,21). The molecule has 1 saturated carbocycles. The molecule has 23 heavy (non-hydrogen) atoms. The highest BCUT2D eigenvalue weighted by atomic mass is 32.2. The topological polar surface area (TPSA) is 34.0 Å². The number of amides is 1. The Kier molecular flexibility index (Phi) is 4.49. The van der Waals surface area contributed by atoms with E-state index in [0.717, 1.165) is 41.3 Å². The number of nitrogens with zero attached hydrogens (tertiary/aromatic N) is 1. The molecule has 1 aliphatic carbocycles. The van der Waals surface area contributed by atoms with Gasteiger partial charge in [-0.3, -0.25) is 4.79 Å². The van der Waals surface area contributed by atoms with E-state index in [-0.39, 0.29) is 5.91 Å². The summed E-state index contributed by atoms with van der Waals surface area (Å²) in [7, 11) is 0. The average Bonchev–Trinajstić information content (AvgIpc) is 3.23. The molecule has 2 aliphatic rings. The van der Waals surface area contributed by atoms with Gasteiger partial charge in [0.25, 0.3) is 5.91 Å². The van der Waals surface area contributed by atoms with Crippen LogP contribution in [0.1, 0.15) is 52.9 Å². The highest BCUT2D eigenvalue weighted by molar-refractivity contribution is 7.98. The molecular weight excluding hydrogens is 324 g/mol. The van der Waals surface area contributed by atoms with Crippen molar-refractivity contribution in [3.63, 3.8) is 0 Å². The number of carbonyl (C=O) groups excluding carboxylic acids is 1. The SMILES string of the molecule is O=C(NC1CCCCC1)c1c(-n2cccc2)sc2c1CCSC2. The van der Waals surface area contributed by atoms with Crippen LogP contribution in [0.4, 0.5) is 0 Å². The molecule has 2 aromatic heterocycles. The third-order valence-electron chi connectivity index (χ3n) is 4.81. The van der Waals surface area contributed by atoms with E-state index < -0.39 is 0 Å². The summed E-state index contributed by atoms with van der Waals surface area (Å²) >= 11 is 3.77. The number of hydrogen-bond acceptors (Lipinski definition) is 3. The van der Waals surface area contributed by atoms with Gasteiger partial charge in [-0.2, -0.15) is 11.8 Å². The van der Waals surface area contributed by atoms with Gasteiger partial charge in [-0.15, -0.1) is 11.3 Å². The van der Waals surface area contributed by atoms with Gasteiger partial charge < -0.3 is 9.88 Å². The molecule has 5 heteroatoms. The summed E-state index contributed by atoms with van der Waals surface area (Å²) in [5.41, 5.74) is 2.23. The molecule has 1 aliphatic heterocycles. The van der Waals surface area contributed by atoms with Gasteiger partial charge in [0.2, 0.25) is 0 Å². The largest absolute Gasteiger partial charge is 0.349 e. The molecule has 3 heterocycles. The van der Waals surface area contributed by atoms with Crippen LogP contribution >= 0.6 is 23.1 Å². The van der Waals surface area contributed by atoms with E-state index in [9.17, 15) is 4.79 Å². The summed E-state index contributed by atoms with van der Waals surface area (Å²) in [6.45, 7) is 0. The van der Waals surface area contributed by atoms with Crippen molar-refractivity contribution in [2.45, 2.75) is 50.3 Å². The van der Waals surface area contributed by atoms with E-state index in [4.69, 9.17) is 0 Å². The maximum Gasteiger partial charge on any atom is 0.254 e. The molecule has 1 fully saturated rings. The van der Waals surface area contributed by atoms with Crippen LogP contribution in [-0.2, 0) is 12.2 Å². The van der Waals surface area contributed by atoms with Crippen molar-refractivity contribution < 1.29 is 4.79 Å². The zero-order valence-corrected chi connectivity index (χ0v) is 14.8. The fourth-order valence-electron chi connectivity index (χ4n) is 3.61. The summed E-state index contributed by atoms with van der Waals surface area (Å²) in [4.78, 5) is 14.4. The molecular formula is C18H22N2OS2. The van der Waals surface area contributed by atoms with E-state index in [0.29, 0.717) is 6.04 Å². The first kappa shape index (κ1) is 15.3. The predicted molar refractivity (Wildman–Crippen MR) is 97.9 cm³/mol. The highest BCUT2D eigenvalue weighted by Gasteiger charge is 2.27. The van der Waals surface area contributed by atoms with Gasteiger partial charge in [0.1, 0.15) is 5.00 Å². The third kappa shape index (κ3) is 3.09. The summed E-state index contributed by atoms with van der Waals surface area (Å²) in [6.07, 6.45) is 11.2. The second-order valence-electron chi connectivity index (χ2n) is 6.39. The third-order valence-corrected chi connectivity index (χ3v) is 7.22. The molecule has 0 spiro atoms. The second kappa shape index (κ2) is 6.73. The number of thioether (sulfide) groups is 1. The minimum absolute atomic E-state index is 0.144. The van der Waals surface area contributed by atoms with Crippen LogP contribution in [0.3, 0.4) is 0 Å². The minimum Gasteiger partial charge on any atom is -0.349 e. The van der Waals surface area contributed by atoms with E-state index in [1.54, 1.807) is 11.3 Å². The fraction of sp³-hybridized carbons (Fsp3) is 0.500. The Morgan fingerprint density at radius 2 is 1.96 bits per heavy atom. The number of hydrogen-bond donors (Lipinski definition) is 1. The van der Waals surface area contributed by atoms with Crippen LogP contribution in [-0.4, -0.2) is 22.3 Å². The van der Waals surface area contributed by atoms with Crippen molar-refractivity contribution in [2.75, 3.05) is 5.75 Å². The molecule has 3 nitrogen and oxygen atoms in total. The molecule has 1 amide bonds. The first-order valence-electron chi connectivity index (χ1n) is 8.49. The zero-order valence-electron chi connectivity index (χ0n) is 13.2. The van der Waals surface area contributed by atoms with Gasteiger partial charge in [-0.1, -0.05) is 19.3 Å². The quantitative estimate of drug-likeness (QED) is 0.894. The Bertz CT molecular complexity index is 684. The van der Waals surface area contributed by atoms with E-state index in [2.05, 4.69) is 9.88 Å². The number of rotatable bonds is 3. The van der Waals surface area contributed by atoms with Gasteiger partial charge in [0.15, 0.2) is 0 Å². The van der Waals surface area contributed by atoms with Gasteiger partial charge in [0, 0.05) is 29.1 Å². The lowest BCUT2D eigenvalue weighted by Gasteiger charge is -2.23. The van der Waals surface area contributed by atoms with Crippen LogP contribution in [0.15, 0.2) is 24.5 Å². The Morgan fingerprint density at radius 1 is 1.17 bits per heavy atom. The average molecular weight is 347 g/mol. The Hall–Kier alpha value is -1.20. The molecule has 0 atom stereocenters. The molecule has 4 rings (SSSR count). The van der Waals surface area contributed by atoms with E-state index in [1.807, 2.05) is 36.3 Å². The van der Waals surface area contributed by atoms with Crippen LogP contribution in [0.25, 0.3) is 5.00 Å². The number of aromatic nitrogens is 1. The molecule has 1 N–H and O–H groups in total. The summed E-state index contributed by atoms with van der Waals surface area (Å²) < 4.78 is 2.10. The smallest absolute Gasteiger partial charge is 0.254 e. The Morgan fingerprint density at radius 3 is 2.74 bits per heavy atom. The van der Waals surface area contributed by atoms with Crippen LogP contribution in [0.5, 0.6) is 0 Å². The van der Waals surface area contributed by atoms with Crippen molar-refractivity contribution in [1.29, 1.82) is 0 Å². The Labute approximate surface area is 145 Å². The molecule has 0 saturated heterocycles. The monoisotopic (exact) mass is 346 g/mol. The predicted octanol–water partition coefficient (Wildman–Crippen LogP) is 4.39. The zero-order chi connectivity index (χ0) is 15.6. The summed E-state index contributed by atoms with van der Waals surface area (Å²) in [5, 5.41) is 4.41. The van der Waals surface area contributed by atoms with Gasteiger partial charge in [-0.05, 0) is 42.7 Å².